The van der Waals surface area contributed by atoms with Crippen LogP contribution >= 0.6 is 0 Å². The summed E-state index contributed by atoms with van der Waals surface area (Å²) >= 11 is 0. The Morgan fingerprint density at radius 1 is 1.22 bits per heavy atom. The molecule has 0 atom stereocenters. The summed E-state index contributed by atoms with van der Waals surface area (Å²) < 4.78 is 0. The highest BCUT2D eigenvalue weighted by atomic mass is 16.3. The summed E-state index contributed by atoms with van der Waals surface area (Å²) in [6.45, 7) is 0.506. The lowest BCUT2D eigenvalue weighted by molar-refractivity contribution is -0.127. The lowest BCUT2D eigenvalue weighted by Gasteiger charge is -2.31. The Hall–Kier alpha value is -1.88. The topological polar surface area (TPSA) is 78.4 Å². The van der Waals surface area contributed by atoms with Crippen LogP contribution in [0.3, 0.4) is 0 Å². The molecule has 2 rings (SSSR count). The molecule has 0 bridgehead atoms. The summed E-state index contributed by atoms with van der Waals surface area (Å²) in [4.78, 5) is 23.6. The van der Waals surface area contributed by atoms with Crippen molar-refractivity contribution in [3.8, 4) is 0 Å². The summed E-state index contributed by atoms with van der Waals surface area (Å²) in [6.07, 6.45) is 5.42. The summed E-state index contributed by atoms with van der Waals surface area (Å²) in [6, 6.07) is 7.37. The van der Waals surface area contributed by atoms with E-state index in [0.717, 1.165) is 24.8 Å². The minimum absolute atomic E-state index is 0.100. The van der Waals surface area contributed by atoms with Crippen molar-refractivity contribution in [3.05, 3.63) is 35.4 Å². The van der Waals surface area contributed by atoms with E-state index in [1.807, 2.05) is 18.2 Å². The lowest BCUT2D eigenvalue weighted by atomic mass is 9.82. The lowest BCUT2D eigenvalue weighted by Crippen LogP contribution is -2.38. The normalized spacial score (nSPS) is 16.6. The molecule has 1 fully saturated rings. The Bertz CT molecular complexity index is 551. The van der Waals surface area contributed by atoms with E-state index in [2.05, 4.69) is 10.6 Å². The number of aliphatic hydroxyl groups is 1. The molecular formula is C18H26N2O3. The van der Waals surface area contributed by atoms with E-state index in [1.165, 1.54) is 0 Å². The molecule has 1 aliphatic carbocycles. The first kappa shape index (κ1) is 17.5. The Kier molecular flexibility index (Phi) is 6.16. The predicted molar refractivity (Wildman–Crippen MR) is 89.2 cm³/mol. The van der Waals surface area contributed by atoms with Crippen LogP contribution in [0.4, 0.5) is 0 Å². The number of hydrogen-bond donors (Lipinski definition) is 3. The van der Waals surface area contributed by atoms with Gasteiger partial charge in [-0.3, -0.25) is 9.59 Å². The molecule has 0 aliphatic heterocycles. The Labute approximate surface area is 137 Å². The van der Waals surface area contributed by atoms with Crippen LogP contribution in [0.5, 0.6) is 0 Å². The largest absolute Gasteiger partial charge is 0.389 e. The van der Waals surface area contributed by atoms with Gasteiger partial charge in [0.1, 0.15) is 0 Å². The standard InChI is InChI=1S/C18H26N2O3/c1-19-17(22)15-7-5-6-14(12-15)8-11-20-16(21)13-18(23)9-3-2-4-10-18/h5-7,12,23H,2-4,8-11,13H2,1H3,(H,19,22)(H,20,21). The van der Waals surface area contributed by atoms with E-state index in [9.17, 15) is 14.7 Å². The van der Waals surface area contributed by atoms with Gasteiger partial charge in [-0.2, -0.15) is 0 Å². The van der Waals surface area contributed by atoms with Gasteiger partial charge in [-0.1, -0.05) is 31.4 Å². The maximum atomic E-state index is 12.0. The van der Waals surface area contributed by atoms with Crippen molar-refractivity contribution in [1.29, 1.82) is 0 Å². The smallest absolute Gasteiger partial charge is 0.251 e. The van der Waals surface area contributed by atoms with Gasteiger partial charge in [-0.25, -0.2) is 0 Å². The zero-order valence-corrected chi connectivity index (χ0v) is 13.7. The van der Waals surface area contributed by atoms with Crippen LogP contribution in [0.25, 0.3) is 0 Å². The molecule has 5 heteroatoms. The van der Waals surface area contributed by atoms with Crippen LogP contribution < -0.4 is 10.6 Å². The monoisotopic (exact) mass is 318 g/mol. The van der Waals surface area contributed by atoms with E-state index in [1.54, 1.807) is 13.1 Å². The van der Waals surface area contributed by atoms with Gasteiger partial charge in [0.15, 0.2) is 0 Å². The van der Waals surface area contributed by atoms with E-state index in [4.69, 9.17) is 0 Å². The number of carbonyl (C=O) groups excluding carboxylic acids is 2. The molecule has 23 heavy (non-hydrogen) atoms. The van der Waals surface area contributed by atoms with Gasteiger partial charge < -0.3 is 15.7 Å². The van der Waals surface area contributed by atoms with Crippen molar-refractivity contribution in [2.75, 3.05) is 13.6 Å². The SMILES string of the molecule is CNC(=O)c1cccc(CCNC(=O)CC2(O)CCCCC2)c1. The summed E-state index contributed by atoms with van der Waals surface area (Å²) in [7, 11) is 1.60. The van der Waals surface area contributed by atoms with Gasteiger partial charge >= 0.3 is 0 Å². The minimum Gasteiger partial charge on any atom is -0.389 e. The highest BCUT2D eigenvalue weighted by molar-refractivity contribution is 5.94. The first-order chi connectivity index (χ1) is 11.0. The highest BCUT2D eigenvalue weighted by Crippen LogP contribution is 2.30. The van der Waals surface area contributed by atoms with E-state index < -0.39 is 5.60 Å². The number of hydrogen-bond acceptors (Lipinski definition) is 3. The van der Waals surface area contributed by atoms with Crippen molar-refractivity contribution in [1.82, 2.24) is 10.6 Å². The maximum absolute atomic E-state index is 12.0. The number of nitrogens with one attached hydrogen (secondary N) is 2. The van der Waals surface area contributed by atoms with Crippen LogP contribution in [-0.2, 0) is 11.2 Å². The van der Waals surface area contributed by atoms with Crippen LogP contribution in [0.1, 0.15) is 54.4 Å². The van der Waals surface area contributed by atoms with Crippen molar-refractivity contribution in [2.24, 2.45) is 0 Å². The van der Waals surface area contributed by atoms with Gasteiger partial charge in [0.05, 0.1) is 12.0 Å². The molecule has 0 aromatic heterocycles. The van der Waals surface area contributed by atoms with E-state index >= 15 is 0 Å². The molecule has 1 aromatic carbocycles. The summed E-state index contributed by atoms with van der Waals surface area (Å²) in [5, 5.41) is 15.8. The minimum atomic E-state index is -0.818. The molecule has 3 N–H and O–H groups in total. The predicted octanol–water partition coefficient (Wildman–Crippen LogP) is 1.79. The molecule has 2 amide bonds. The third kappa shape index (κ3) is 5.36. The zero-order chi connectivity index (χ0) is 16.7. The number of rotatable bonds is 6. The van der Waals surface area contributed by atoms with Crippen molar-refractivity contribution < 1.29 is 14.7 Å². The zero-order valence-electron chi connectivity index (χ0n) is 13.7. The first-order valence-electron chi connectivity index (χ1n) is 8.32. The average Bonchev–Trinajstić information content (AvgIpc) is 2.54. The van der Waals surface area contributed by atoms with Gasteiger partial charge in [-0.15, -0.1) is 0 Å². The summed E-state index contributed by atoms with van der Waals surface area (Å²) in [5.41, 5.74) is 0.803. The fourth-order valence-corrected chi connectivity index (χ4v) is 3.11. The fraction of sp³-hybridized carbons (Fsp3) is 0.556. The number of carbonyl (C=O) groups is 2. The number of benzene rings is 1. The van der Waals surface area contributed by atoms with Gasteiger partial charge in [0.2, 0.25) is 5.91 Å². The second-order valence-corrected chi connectivity index (χ2v) is 6.34. The van der Waals surface area contributed by atoms with Crippen LogP contribution in [0.15, 0.2) is 24.3 Å². The molecule has 0 heterocycles. The number of amides is 2. The van der Waals surface area contributed by atoms with Gasteiger partial charge in [0, 0.05) is 19.2 Å². The molecule has 1 saturated carbocycles. The molecule has 0 spiro atoms. The second kappa shape index (κ2) is 8.11. The molecule has 1 aliphatic rings. The fourth-order valence-electron chi connectivity index (χ4n) is 3.11. The first-order valence-corrected chi connectivity index (χ1v) is 8.32. The van der Waals surface area contributed by atoms with Crippen LogP contribution in [0, 0.1) is 0 Å². The molecular weight excluding hydrogens is 292 g/mol. The third-order valence-corrected chi connectivity index (χ3v) is 4.43. The Balaban J connectivity index is 1.78. The average molecular weight is 318 g/mol. The highest BCUT2D eigenvalue weighted by Gasteiger charge is 2.31. The Morgan fingerprint density at radius 3 is 2.65 bits per heavy atom. The van der Waals surface area contributed by atoms with E-state index in [0.29, 0.717) is 31.4 Å². The second-order valence-electron chi connectivity index (χ2n) is 6.34. The molecule has 126 valence electrons. The third-order valence-electron chi connectivity index (χ3n) is 4.43. The van der Waals surface area contributed by atoms with Crippen LogP contribution in [0.2, 0.25) is 0 Å². The molecule has 0 saturated heterocycles. The van der Waals surface area contributed by atoms with E-state index in [-0.39, 0.29) is 18.2 Å². The van der Waals surface area contributed by atoms with Gasteiger partial charge in [-0.05, 0) is 37.0 Å². The molecule has 5 nitrogen and oxygen atoms in total. The van der Waals surface area contributed by atoms with Gasteiger partial charge in [0.25, 0.3) is 5.91 Å². The Morgan fingerprint density at radius 2 is 1.96 bits per heavy atom. The maximum Gasteiger partial charge on any atom is 0.251 e. The van der Waals surface area contributed by atoms with Crippen LogP contribution in [-0.4, -0.2) is 36.1 Å². The summed E-state index contributed by atoms with van der Waals surface area (Å²) in [5.74, 6) is -0.215. The molecule has 0 unspecified atom stereocenters. The van der Waals surface area contributed by atoms with Crippen molar-refractivity contribution in [3.63, 3.8) is 0 Å². The van der Waals surface area contributed by atoms with Crippen molar-refractivity contribution >= 4 is 11.8 Å². The molecule has 0 radical (unpaired) electrons. The molecule has 1 aromatic rings. The van der Waals surface area contributed by atoms with Crippen molar-refractivity contribution in [2.45, 2.75) is 50.5 Å². The quantitative estimate of drug-likeness (QED) is 0.748.